The highest BCUT2D eigenvalue weighted by molar-refractivity contribution is 5.94. The Hall–Kier alpha value is -2.35. The van der Waals surface area contributed by atoms with Crippen LogP contribution < -0.4 is 5.32 Å². The first kappa shape index (κ1) is 15.0. The van der Waals surface area contributed by atoms with E-state index >= 15 is 0 Å². The van der Waals surface area contributed by atoms with E-state index in [0.717, 1.165) is 0 Å². The number of nitrogens with one attached hydrogen (secondary N) is 1. The molecular weight excluding hydrogens is 266 g/mol. The topological polar surface area (TPSA) is 73.2 Å². The quantitative estimate of drug-likeness (QED) is 0.924. The fraction of sp³-hybridized carbons (Fsp3) is 0.438. The first-order valence-corrected chi connectivity index (χ1v) is 7.23. The van der Waals surface area contributed by atoms with E-state index in [9.17, 15) is 9.59 Å². The zero-order valence-electron chi connectivity index (χ0n) is 12.1. The first-order chi connectivity index (χ1) is 10.2. The van der Waals surface area contributed by atoms with Crippen LogP contribution >= 0.6 is 0 Å². The van der Waals surface area contributed by atoms with Crippen LogP contribution in [0, 0.1) is 17.2 Å². The number of rotatable bonds is 3. The highest BCUT2D eigenvalue weighted by Gasteiger charge is 2.26. The summed E-state index contributed by atoms with van der Waals surface area (Å²) >= 11 is 0. The van der Waals surface area contributed by atoms with Gasteiger partial charge in [0.2, 0.25) is 11.8 Å². The average Bonchev–Trinajstić information content (AvgIpc) is 2.54. The third-order valence-corrected chi connectivity index (χ3v) is 3.83. The summed E-state index contributed by atoms with van der Waals surface area (Å²) in [6.45, 7) is 3.11. The molecule has 0 unspecified atom stereocenters. The Morgan fingerprint density at radius 1 is 1.33 bits per heavy atom. The monoisotopic (exact) mass is 285 g/mol. The second-order valence-electron chi connectivity index (χ2n) is 5.16. The number of benzene rings is 1. The molecule has 0 bridgehead atoms. The van der Waals surface area contributed by atoms with Crippen molar-refractivity contribution in [1.82, 2.24) is 4.90 Å². The largest absolute Gasteiger partial charge is 0.343 e. The summed E-state index contributed by atoms with van der Waals surface area (Å²) in [7, 11) is 0. The number of nitriles is 1. The first-order valence-electron chi connectivity index (χ1n) is 7.23. The predicted molar refractivity (Wildman–Crippen MR) is 79.4 cm³/mol. The molecule has 1 fully saturated rings. The van der Waals surface area contributed by atoms with Gasteiger partial charge in [0.15, 0.2) is 0 Å². The minimum absolute atomic E-state index is 0.0682. The van der Waals surface area contributed by atoms with Gasteiger partial charge in [0.1, 0.15) is 6.07 Å². The molecular formula is C16H19N3O2. The van der Waals surface area contributed by atoms with Gasteiger partial charge in [0.05, 0.1) is 11.3 Å². The summed E-state index contributed by atoms with van der Waals surface area (Å²) in [4.78, 5) is 25.7. The third kappa shape index (κ3) is 3.60. The number of anilines is 1. The molecule has 5 heteroatoms. The van der Waals surface area contributed by atoms with Crippen LogP contribution in [0.25, 0.3) is 0 Å². The Morgan fingerprint density at radius 2 is 2.00 bits per heavy atom. The van der Waals surface area contributed by atoms with Gasteiger partial charge in [-0.05, 0) is 25.0 Å². The van der Waals surface area contributed by atoms with E-state index in [0.29, 0.717) is 43.6 Å². The number of piperidine rings is 1. The van der Waals surface area contributed by atoms with Gasteiger partial charge in [-0.1, -0.05) is 19.1 Å². The summed E-state index contributed by atoms with van der Waals surface area (Å²) in [5.41, 5.74) is 1.02. The van der Waals surface area contributed by atoms with Crippen LogP contribution in [0.5, 0.6) is 0 Å². The molecule has 5 nitrogen and oxygen atoms in total. The van der Waals surface area contributed by atoms with Crippen LogP contribution in [0.2, 0.25) is 0 Å². The van der Waals surface area contributed by atoms with Gasteiger partial charge in [-0.25, -0.2) is 0 Å². The van der Waals surface area contributed by atoms with Crippen molar-refractivity contribution >= 4 is 17.5 Å². The lowest BCUT2D eigenvalue weighted by atomic mass is 9.95. The molecule has 2 rings (SSSR count). The predicted octanol–water partition coefficient (Wildman–Crippen LogP) is 2.15. The Morgan fingerprint density at radius 3 is 2.62 bits per heavy atom. The summed E-state index contributed by atoms with van der Waals surface area (Å²) < 4.78 is 0. The fourth-order valence-corrected chi connectivity index (χ4v) is 2.54. The van der Waals surface area contributed by atoms with Crippen molar-refractivity contribution in [3.63, 3.8) is 0 Å². The molecule has 1 N–H and O–H groups in total. The molecule has 0 aromatic heterocycles. The van der Waals surface area contributed by atoms with Crippen LogP contribution in [0.4, 0.5) is 5.69 Å². The van der Waals surface area contributed by atoms with Gasteiger partial charge >= 0.3 is 0 Å². The molecule has 1 saturated heterocycles. The van der Waals surface area contributed by atoms with E-state index in [1.54, 1.807) is 24.3 Å². The molecule has 110 valence electrons. The minimum atomic E-state index is -0.0994. The zero-order chi connectivity index (χ0) is 15.2. The standard InChI is InChI=1S/C16H19N3O2/c1-2-15(20)19-9-7-12(8-10-19)16(21)18-14-6-4-3-5-13(14)11-17/h3-6,12H,2,7-10H2,1H3,(H,18,21). The normalized spacial score (nSPS) is 15.3. The number of likely N-dealkylation sites (tertiary alicyclic amines) is 1. The van der Waals surface area contributed by atoms with E-state index in [-0.39, 0.29) is 17.7 Å². The average molecular weight is 285 g/mol. The van der Waals surface area contributed by atoms with E-state index in [1.807, 2.05) is 11.8 Å². The highest BCUT2D eigenvalue weighted by Crippen LogP contribution is 2.21. The third-order valence-electron chi connectivity index (χ3n) is 3.83. The summed E-state index contributed by atoms with van der Waals surface area (Å²) in [5.74, 6) is -0.0253. The van der Waals surface area contributed by atoms with Gasteiger partial charge in [-0.2, -0.15) is 5.26 Å². The van der Waals surface area contributed by atoms with Gasteiger partial charge in [-0.3, -0.25) is 9.59 Å². The van der Waals surface area contributed by atoms with Crippen LogP contribution in [0.15, 0.2) is 24.3 Å². The molecule has 1 heterocycles. The molecule has 0 atom stereocenters. The molecule has 2 amide bonds. The Balaban J connectivity index is 1.94. The van der Waals surface area contributed by atoms with Crippen LogP contribution in [-0.2, 0) is 9.59 Å². The Kier molecular flexibility index (Phi) is 4.94. The van der Waals surface area contributed by atoms with Gasteiger partial charge in [-0.15, -0.1) is 0 Å². The maximum absolute atomic E-state index is 12.3. The summed E-state index contributed by atoms with van der Waals surface area (Å²) in [6.07, 6.45) is 1.85. The molecule has 1 aliphatic rings. The number of nitrogens with zero attached hydrogens (tertiary/aromatic N) is 2. The van der Waals surface area contributed by atoms with Crippen molar-refractivity contribution in [3.8, 4) is 6.07 Å². The van der Waals surface area contributed by atoms with Crippen LogP contribution in [0.1, 0.15) is 31.7 Å². The lowest BCUT2D eigenvalue weighted by molar-refractivity contribution is -0.134. The molecule has 0 aliphatic carbocycles. The Labute approximate surface area is 124 Å². The smallest absolute Gasteiger partial charge is 0.227 e. The van der Waals surface area contributed by atoms with E-state index in [4.69, 9.17) is 5.26 Å². The molecule has 0 saturated carbocycles. The molecule has 1 aromatic rings. The molecule has 0 spiro atoms. The van der Waals surface area contributed by atoms with Gasteiger partial charge < -0.3 is 10.2 Å². The van der Waals surface area contributed by atoms with Crippen molar-refractivity contribution in [3.05, 3.63) is 29.8 Å². The maximum Gasteiger partial charge on any atom is 0.227 e. The number of carbonyl (C=O) groups excluding carboxylic acids is 2. The van der Waals surface area contributed by atoms with E-state index in [1.165, 1.54) is 0 Å². The van der Waals surface area contributed by atoms with Crippen LogP contribution in [0.3, 0.4) is 0 Å². The molecule has 21 heavy (non-hydrogen) atoms. The second kappa shape index (κ2) is 6.89. The highest BCUT2D eigenvalue weighted by atomic mass is 16.2. The summed E-state index contributed by atoms with van der Waals surface area (Å²) in [5, 5.41) is 11.8. The second-order valence-corrected chi connectivity index (χ2v) is 5.16. The van der Waals surface area contributed by atoms with E-state index in [2.05, 4.69) is 11.4 Å². The van der Waals surface area contributed by atoms with Crippen molar-refractivity contribution in [2.75, 3.05) is 18.4 Å². The van der Waals surface area contributed by atoms with E-state index < -0.39 is 0 Å². The number of hydrogen-bond donors (Lipinski definition) is 1. The SMILES string of the molecule is CCC(=O)N1CCC(C(=O)Nc2ccccc2C#N)CC1. The van der Waals surface area contributed by atoms with Crippen molar-refractivity contribution in [2.45, 2.75) is 26.2 Å². The van der Waals surface area contributed by atoms with Crippen molar-refractivity contribution < 1.29 is 9.59 Å². The molecule has 1 aromatic carbocycles. The van der Waals surface area contributed by atoms with Gasteiger partial charge in [0.25, 0.3) is 0 Å². The lowest BCUT2D eigenvalue weighted by Crippen LogP contribution is -2.41. The number of hydrogen-bond acceptors (Lipinski definition) is 3. The Bertz CT molecular complexity index is 569. The summed E-state index contributed by atoms with van der Waals surface area (Å²) in [6, 6.07) is 9.03. The molecule has 1 aliphatic heterocycles. The minimum Gasteiger partial charge on any atom is -0.343 e. The fourth-order valence-electron chi connectivity index (χ4n) is 2.54. The zero-order valence-corrected chi connectivity index (χ0v) is 12.1. The lowest BCUT2D eigenvalue weighted by Gasteiger charge is -2.31. The van der Waals surface area contributed by atoms with Gasteiger partial charge in [0, 0.05) is 25.4 Å². The van der Waals surface area contributed by atoms with Crippen molar-refractivity contribution in [1.29, 1.82) is 5.26 Å². The van der Waals surface area contributed by atoms with Crippen LogP contribution in [-0.4, -0.2) is 29.8 Å². The number of carbonyl (C=O) groups is 2. The number of para-hydroxylation sites is 1. The number of amides is 2. The molecule has 0 radical (unpaired) electrons. The maximum atomic E-state index is 12.3. The van der Waals surface area contributed by atoms with Crippen molar-refractivity contribution in [2.24, 2.45) is 5.92 Å².